The Morgan fingerprint density at radius 2 is 2.24 bits per heavy atom. The number of alkyl carbamates (subject to hydrolysis) is 1. The standard InChI is InChI=1S/C12H20N2O2S/c1-6-9(13-8-17)10(7-2)14-11(15)16-12(3,4)5/h6,9-10H,1,7H2,2-5H3,(H,14,15). The van der Waals surface area contributed by atoms with Crippen LogP contribution < -0.4 is 5.32 Å². The summed E-state index contributed by atoms with van der Waals surface area (Å²) >= 11 is 4.55. The van der Waals surface area contributed by atoms with E-state index in [1.807, 2.05) is 27.7 Å². The summed E-state index contributed by atoms with van der Waals surface area (Å²) in [5, 5.41) is 5.05. The van der Waals surface area contributed by atoms with Gasteiger partial charge in [0.15, 0.2) is 0 Å². The molecule has 0 heterocycles. The average molecular weight is 256 g/mol. The van der Waals surface area contributed by atoms with Gasteiger partial charge in [-0.25, -0.2) is 9.79 Å². The van der Waals surface area contributed by atoms with E-state index in [-0.39, 0.29) is 12.1 Å². The summed E-state index contributed by atoms with van der Waals surface area (Å²) in [7, 11) is 0. The predicted molar refractivity (Wildman–Crippen MR) is 72.5 cm³/mol. The lowest BCUT2D eigenvalue weighted by molar-refractivity contribution is 0.0499. The number of hydrogen-bond acceptors (Lipinski definition) is 4. The molecule has 2 unspecified atom stereocenters. The fourth-order valence-corrected chi connectivity index (χ4v) is 1.38. The van der Waals surface area contributed by atoms with Gasteiger partial charge in [-0.05, 0) is 39.4 Å². The van der Waals surface area contributed by atoms with Crippen molar-refractivity contribution in [3.05, 3.63) is 12.7 Å². The van der Waals surface area contributed by atoms with Crippen LogP contribution in [0.5, 0.6) is 0 Å². The molecule has 0 saturated heterocycles. The minimum absolute atomic E-state index is 0.183. The van der Waals surface area contributed by atoms with Gasteiger partial charge in [-0.15, -0.1) is 6.58 Å². The van der Waals surface area contributed by atoms with Crippen molar-refractivity contribution < 1.29 is 9.53 Å². The van der Waals surface area contributed by atoms with E-state index < -0.39 is 11.7 Å². The fraction of sp³-hybridized carbons (Fsp3) is 0.667. The summed E-state index contributed by atoms with van der Waals surface area (Å²) < 4.78 is 5.17. The number of rotatable bonds is 5. The molecular formula is C12H20N2O2S. The SMILES string of the molecule is C=CC(N=C=S)C(CC)NC(=O)OC(C)(C)C. The number of hydrogen-bond donors (Lipinski definition) is 1. The van der Waals surface area contributed by atoms with E-state index >= 15 is 0 Å². The van der Waals surface area contributed by atoms with Crippen LogP contribution in [-0.4, -0.2) is 28.9 Å². The van der Waals surface area contributed by atoms with Gasteiger partial charge in [0, 0.05) is 0 Å². The van der Waals surface area contributed by atoms with Gasteiger partial charge in [-0.3, -0.25) is 0 Å². The molecule has 0 aromatic heterocycles. The Kier molecular flexibility index (Phi) is 6.69. The molecular weight excluding hydrogens is 236 g/mol. The van der Waals surface area contributed by atoms with Crippen molar-refractivity contribution in [2.75, 3.05) is 0 Å². The van der Waals surface area contributed by atoms with E-state index in [9.17, 15) is 4.79 Å². The quantitative estimate of drug-likeness (QED) is 0.467. The first-order valence-corrected chi connectivity index (χ1v) is 5.94. The third kappa shape index (κ3) is 6.87. The van der Waals surface area contributed by atoms with Crippen LogP contribution in [0.15, 0.2) is 17.6 Å². The maximum Gasteiger partial charge on any atom is 0.407 e. The van der Waals surface area contributed by atoms with E-state index in [1.54, 1.807) is 6.08 Å². The Labute approximate surface area is 108 Å². The molecule has 0 radical (unpaired) electrons. The number of carbonyl (C=O) groups is 1. The maximum atomic E-state index is 11.6. The first kappa shape index (κ1) is 15.8. The maximum absolute atomic E-state index is 11.6. The number of amides is 1. The van der Waals surface area contributed by atoms with Crippen molar-refractivity contribution >= 4 is 23.5 Å². The summed E-state index contributed by atoms with van der Waals surface area (Å²) in [4.78, 5) is 15.5. The third-order valence-corrected chi connectivity index (χ3v) is 2.10. The average Bonchev–Trinajstić information content (AvgIpc) is 2.20. The number of carbonyl (C=O) groups excluding carboxylic acids is 1. The zero-order chi connectivity index (χ0) is 13.5. The smallest absolute Gasteiger partial charge is 0.407 e. The highest BCUT2D eigenvalue weighted by molar-refractivity contribution is 7.78. The molecule has 1 N–H and O–H groups in total. The molecule has 0 rings (SSSR count). The molecule has 0 aromatic carbocycles. The molecule has 96 valence electrons. The van der Waals surface area contributed by atoms with Crippen LogP contribution in [0.3, 0.4) is 0 Å². The first-order chi connectivity index (χ1) is 7.84. The Morgan fingerprint density at radius 3 is 2.59 bits per heavy atom. The highest BCUT2D eigenvalue weighted by atomic mass is 32.1. The monoisotopic (exact) mass is 256 g/mol. The molecule has 0 aliphatic carbocycles. The zero-order valence-corrected chi connectivity index (χ0v) is 11.6. The van der Waals surface area contributed by atoms with Crippen molar-refractivity contribution in [3.63, 3.8) is 0 Å². The molecule has 0 saturated carbocycles. The largest absolute Gasteiger partial charge is 0.444 e. The number of ether oxygens (including phenoxy) is 1. The molecule has 0 spiro atoms. The van der Waals surface area contributed by atoms with Gasteiger partial charge >= 0.3 is 6.09 Å². The van der Waals surface area contributed by atoms with Crippen molar-refractivity contribution in [1.82, 2.24) is 5.32 Å². The van der Waals surface area contributed by atoms with Crippen LogP contribution in [0, 0.1) is 0 Å². The molecule has 0 bridgehead atoms. The highest BCUT2D eigenvalue weighted by Gasteiger charge is 2.22. The molecule has 1 amide bonds. The van der Waals surface area contributed by atoms with Gasteiger partial charge in [-0.1, -0.05) is 13.0 Å². The highest BCUT2D eigenvalue weighted by Crippen LogP contribution is 2.09. The number of nitrogens with one attached hydrogen (secondary N) is 1. The van der Waals surface area contributed by atoms with E-state index in [1.165, 1.54) is 0 Å². The van der Waals surface area contributed by atoms with Crippen molar-refractivity contribution in [2.45, 2.75) is 51.8 Å². The van der Waals surface area contributed by atoms with Crippen molar-refractivity contribution in [2.24, 2.45) is 4.99 Å². The minimum atomic E-state index is -0.514. The van der Waals surface area contributed by atoms with Gasteiger partial charge in [0.05, 0.1) is 17.2 Å². The molecule has 0 aromatic rings. The molecule has 0 aliphatic heterocycles. The summed E-state index contributed by atoms with van der Waals surface area (Å²) in [6, 6.07) is -0.456. The normalized spacial score (nSPS) is 14.1. The van der Waals surface area contributed by atoms with Gasteiger partial charge in [-0.2, -0.15) is 0 Å². The van der Waals surface area contributed by atoms with Crippen LogP contribution >= 0.6 is 12.2 Å². The van der Waals surface area contributed by atoms with E-state index in [0.29, 0.717) is 6.42 Å². The van der Waals surface area contributed by atoms with Crippen LogP contribution in [0.2, 0.25) is 0 Å². The topological polar surface area (TPSA) is 50.7 Å². The Bertz CT molecular complexity index is 317. The van der Waals surface area contributed by atoms with Gasteiger partial charge in [0.2, 0.25) is 0 Å². The zero-order valence-electron chi connectivity index (χ0n) is 10.8. The lowest BCUT2D eigenvalue weighted by Crippen LogP contribution is -2.43. The minimum Gasteiger partial charge on any atom is -0.444 e. The van der Waals surface area contributed by atoms with Gasteiger partial charge in [0.1, 0.15) is 5.60 Å². The Morgan fingerprint density at radius 1 is 1.65 bits per heavy atom. The van der Waals surface area contributed by atoms with Gasteiger partial charge in [0.25, 0.3) is 0 Å². The second kappa shape index (κ2) is 7.20. The van der Waals surface area contributed by atoms with E-state index in [2.05, 4.69) is 34.3 Å². The molecule has 17 heavy (non-hydrogen) atoms. The van der Waals surface area contributed by atoms with Crippen molar-refractivity contribution in [3.8, 4) is 0 Å². The van der Waals surface area contributed by atoms with Crippen LogP contribution in [0.4, 0.5) is 4.79 Å². The Balaban J connectivity index is 4.54. The molecule has 0 aliphatic rings. The summed E-state index contributed by atoms with van der Waals surface area (Å²) in [5.74, 6) is 0. The molecule has 5 heteroatoms. The van der Waals surface area contributed by atoms with Crippen LogP contribution in [-0.2, 0) is 4.74 Å². The fourth-order valence-electron chi connectivity index (χ4n) is 1.26. The molecule has 0 fully saturated rings. The number of aliphatic imine (C=N–C) groups is 1. The first-order valence-electron chi connectivity index (χ1n) is 5.53. The van der Waals surface area contributed by atoms with E-state index in [4.69, 9.17) is 4.74 Å². The number of isothiocyanates is 1. The van der Waals surface area contributed by atoms with Crippen LogP contribution in [0.25, 0.3) is 0 Å². The number of thiocarbonyl (C=S) groups is 1. The number of nitrogens with zero attached hydrogens (tertiary/aromatic N) is 1. The second-order valence-electron chi connectivity index (χ2n) is 4.61. The predicted octanol–water partition coefficient (Wildman–Crippen LogP) is 2.95. The summed E-state index contributed by atoms with van der Waals surface area (Å²) in [5.41, 5.74) is -0.514. The third-order valence-electron chi connectivity index (χ3n) is 2.00. The lowest BCUT2D eigenvalue weighted by Gasteiger charge is -2.24. The molecule has 4 nitrogen and oxygen atoms in total. The summed E-state index contributed by atoms with van der Waals surface area (Å²) in [6.07, 6.45) is 1.87. The van der Waals surface area contributed by atoms with Crippen molar-refractivity contribution in [1.29, 1.82) is 0 Å². The van der Waals surface area contributed by atoms with Gasteiger partial charge < -0.3 is 10.1 Å². The lowest BCUT2D eigenvalue weighted by atomic mass is 10.1. The van der Waals surface area contributed by atoms with Crippen LogP contribution in [0.1, 0.15) is 34.1 Å². The van der Waals surface area contributed by atoms with E-state index in [0.717, 1.165) is 0 Å². The second-order valence-corrected chi connectivity index (χ2v) is 4.79. The molecule has 2 atom stereocenters. The summed E-state index contributed by atoms with van der Waals surface area (Å²) in [6.45, 7) is 11.0. The Hall–Kier alpha value is -1.19.